The molecule has 4 rings (SSSR count). The highest BCUT2D eigenvalue weighted by Crippen LogP contribution is 2.29. The van der Waals surface area contributed by atoms with Gasteiger partial charge in [0.15, 0.2) is 0 Å². The zero-order valence-corrected chi connectivity index (χ0v) is 16.7. The number of carbonyl (C=O) groups excluding carboxylic acids is 2. The lowest BCUT2D eigenvalue weighted by Crippen LogP contribution is -2.23. The van der Waals surface area contributed by atoms with Crippen LogP contribution in [0.3, 0.4) is 0 Å². The van der Waals surface area contributed by atoms with Crippen molar-refractivity contribution in [2.45, 2.75) is 13.8 Å². The maximum absolute atomic E-state index is 13.0. The van der Waals surface area contributed by atoms with Crippen molar-refractivity contribution in [1.82, 2.24) is 9.97 Å². The Balaban J connectivity index is 1.69. The van der Waals surface area contributed by atoms with Crippen LogP contribution in [0, 0.1) is 13.8 Å². The van der Waals surface area contributed by atoms with Crippen LogP contribution < -0.4 is 11.1 Å². The van der Waals surface area contributed by atoms with Gasteiger partial charge in [-0.2, -0.15) is 0 Å². The highest BCUT2D eigenvalue weighted by molar-refractivity contribution is 7.16. The minimum Gasteiger partial charge on any atom is -0.383 e. The largest absolute Gasteiger partial charge is 0.383 e. The second-order valence-corrected chi connectivity index (χ2v) is 7.68. The van der Waals surface area contributed by atoms with Crippen molar-refractivity contribution in [3.63, 3.8) is 0 Å². The number of thiazole rings is 1. The van der Waals surface area contributed by atoms with E-state index < -0.39 is 11.7 Å². The zero-order chi connectivity index (χ0) is 20.5. The molecule has 2 heterocycles. The molecule has 0 bridgehead atoms. The Morgan fingerprint density at radius 3 is 2.66 bits per heavy atom. The molecule has 29 heavy (non-hydrogen) atoms. The van der Waals surface area contributed by atoms with Crippen molar-refractivity contribution >= 4 is 44.7 Å². The molecule has 2 aromatic carbocycles. The average molecular weight is 402 g/mol. The van der Waals surface area contributed by atoms with Gasteiger partial charge in [0.2, 0.25) is 0 Å². The molecular formula is C22H18N4O2S. The van der Waals surface area contributed by atoms with E-state index in [4.69, 9.17) is 5.73 Å². The summed E-state index contributed by atoms with van der Waals surface area (Å²) >= 11 is 1.56. The Labute approximate surface area is 171 Å². The maximum Gasteiger partial charge on any atom is 0.296 e. The van der Waals surface area contributed by atoms with Gasteiger partial charge < -0.3 is 11.1 Å². The van der Waals surface area contributed by atoms with Crippen molar-refractivity contribution < 1.29 is 9.59 Å². The summed E-state index contributed by atoms with van der Waals surface area (Å²) in [6.45, 7) is 3.67. The number of pyridine rings is 1. The van der Waals surface area contributed by atoms with Crippen LogP contribution in [0.4, 0.5) is 11.5 Å². The molecule has 2 aromatic heterocycles. The number of nitrogen functional groups attached to an aromatic ring is 1. The molecule has 0 atom stereocenters. The van der Waals surface area contributed by atoms with E-state index in [1.165, 1.54) is 6.20 Å². The Kier molecular flexibility index (Phi) is 4.82. The zero-order valence-electron chi connectivity index (χ0n) is 15.9. The number of fused-ring (bicyclic) bond motifs is 1. The molecule has 3 N–H and O–H groups in total. The molecule has 144 valence electrons. The third kappa shape index (κ3) is 3.72. The molecule has 0 unspecified atom stereocenters. The summed E-state index contributed by atoms with van der Waals surface area (Å²) < 4.78 is 1.07. The topological polar surface area (TPSA) is 98.0 Å². The monoisotopic (exact) mass is 402 g/mol. The van der Waals surface area contributed by atoms with Gasteiger partial charge >= 0.3 is 0 Å². The van der Waals surface area contributed by atoms with E-state index in [9.17, 15) is 9.59 Å². The van der Waals surface area contributed by atoms with E-state index in [2.05, 4.69) is 15.3 Å². The SMILES string of the molecule is Cc1ccc(-c2ccc3scnc3c2)c(C(=O)C(=O)Nc2cnc(N)c(C)c2)c1. The van der Waals surface area contributed by atoms with Gasteiger partial charge in [-0.25, -0.2) is 9.97 Å². The van der Waals surface area contributed by atoms with E-state index in [0.717, 1.165) is 26.9 Å². The first kappa shape index (κ1) is 18.8. The van der Waals surface area contributed by atoms with E-state index >= 15 is 0 Å². The van der Waals surface area contributed by atoms with Gasteiger partial charge in [-0.1, -0.05) is 23.8 Å². The highest BCUT2D eigenvalue weighted by atomic mass is 32.1. The molecule has 1 amide bonds. The summed E-state index contributed by atoms with van der Waals surface area (Å²) in [7, 11) is 0. The first-order valence-electron chi connectivity index (χ1n) is 8.94. The van der Waals surface area contributed by atoms with Crippen molar-refractivity contribution in [1.29, 1.82) is 0 Å². The van der Waals surface area contributed by atoms with Crippen molar-refractivity contribution in [3.8, 4) is 11.1 Å². The van der Waals surface area contributed by atoms with Crippen molar-refractivity contribution in [2.75, 3.05) is 11.1 Å². The summed E-state index contributed by atoms with van der Waals surface area (Å²) in [5.41, 5.74) is 12.3. The highest BCUT2D eigenvalue weighted by Gasteiger charge is 2.21. The Morgan fingerprint density at radius 1 is 1.03 bits per heavy atom. The summed E-state index contributed by atoms with van der Waals surface area (Å²) in [5, 5.41) is 2.61. The van der Waals surface area contributed by atoms with Gasteiger partial charge in [-0.15, -0.1) is 11.3 Å². The summed E-state index contributed by atoms with van der Waals surface area (Å²) in [4.78, 5) is 34.0. The lowest BCUT2D eigenvalue weighted by Gasteiger charge is -2.11. The summed E-state index contributed by atoms with van der Waals surface area (Å²) in [6.07, 6.45) is 1.43. The normalized spacial score (nSPS) is 10.8. The predicted octanol–water partition coefficient (Wildman–Crippen LogP) is 4.38. The molecule has 4 aromatic rings. The molecule has 0 fully saturated rings. The number of hydrogen-bond donors (Lipinski definition) is 2. The van der Waals surface area contributed by atoms with E-state index in [-0.39, 0.29) is 0 Å². The lowest BCUT2D eigenvalue weighted by molar-refractivity contribution is -0.112. The molecule has 0 aliphatic rings. The fraction of sp³-hybridized carbons (Fsp3) is 0.0909. The number of aryl methyl sites for hydroxylation is 2. The van der Waals surface area contributed by atoms with Crippen LogP contribution in [0.2, 0.25) is 0 Å². The number of nitrogens with two attached hydrogens (primary N) is 1. The fourth-order valence-electron chi connectivity index (χ4n) is 3.09. The molecule has 0 saturated carbocycles. The van der Waals surface area contributed by atoms with Crippen LogP contribution in [0.25, 0.3) is 21.3 Å². The minimum absolute atomic E-state index is 0.345. The first-order chi connectivity index (χ1) is 13.9. The van der Waals surface area contributed by atoms with Crippen LogP contribution >= 0.6 is 11.3 Å². The van der Waals surface area contributed by atoms with E-state index in [1.54, 1.807) is 35.9 Å². The quantitative estimate of drug-likeness (QED) is 0.390. The predicted molar refractivity (Wildman–Crippen MR) is 116 cm³/mol. The number of aromatic nitrogens is 2. The smallest absolute Gasteiger partial charge is 0.296 e. The maximum atomic E-state index is 13.0. The van der Waals surface area contributed by atoms with Crippen LogP contribution in [0.5, 0.6) is 0 Å². The summed E-state index contributed by atoms with van der Waals surface area (Å²) in [6, 6.07) is 13.0. The molecule has 0 aliphatic carbocycles. The van der Waals surface area contributed by atoms with E-state index in [0.29, 0.717) is 22.6 Å². The van der Waals surface area contributed by atoms with Gasteiger partial charge in [0, 0.05) is 5.56 Å². The van der Waals surface area contributed by atoms with Gasteiger partial charge in [-0.3, -0.25) is 9.59 Å². The Bertz CT molecular complexity index is 1260. The number of hydrogen-bond acceptors (Lipinski definition) is 6. The fourth-order valence-corrected chi connectivity index (χ4v) is 3.75. The third-order valence-corrected chi connectivity index (χ3v) is 5.45. The molecular weight excluding hydrogens is 384 g/mol. The van der Waals surface area contributed by atoms with Crippen LogP contribution in [-0.2, 0) is 4.79 Å². The number of ketones is 1. The van der Waals surface area contributed by atoms with Gasteiger partial charge in [0.1, 0.15) is 5.82 Å². The van der Waals surface area contributed by atoms with Crippen molar-refractivity contribution in [2.24, 2.45) is 0 Å². The average Bonchev–Trinajstić information content (AvgIpc) is 3.18. The second-order valence-electron chi connectivity index (χ2n) is 6.79. The van der Waals surface area contributed by atoms with Gasteiger partial charge in [0.25, 0.3) is 11.7 Å². The van der Waals surface area contributed by atoms with Crippen LogP contribution in [-0.4, -0.2) is 21.7 Å². The van der Waals surface area contributed by atoms with Gasteiger partial charge in [-0.05, 0) is 54.8 Å². The Morgan fingerprint density at radius 2 is 1.86 bits per heavy atom. The number of nitrogens with one attached hydrogen (secondary N) is 1. The standard InChI is InChI=1S/C22H18N4O2S/c1-12-3-5-16(14-4-6-19-18(9-14)25-11-29-19)17(7-12)20(27)22(28)26-15-8-13(2)21(23)24-10-15/h3-11H,1-2H3,(H2,23,24)(H,26,28). The molecule has 7 heteroatoms. The number of Topliss-reactive ketones (excluding diaryl/α,β-unsaturated/α-hetero) is 1. The molecule has 0 radical (unpaired) electrons. The number of rotatable bonds is 4. The number of anilines is 2. The van der Waals surface area contributed by atoms with E-state index in [1.807, 2.05) is 37.3 Å². The van der Waals surface area contributed by atoms with Gasteiger partial charge in [0.05, 0.1) is 27.6 Å². The number of nitrogens with zero attached hydrogens (tertiary/aromatic N) is 2. The Hall–Kier alpha value is -3.58. The second kappa shape index (κ2) is 7.44. The minimum atomic E-state index is -0.724. The lowest BCUT2D eigenvalue weighted by atomic mass is 9.94. The molecule has 0 aliphatic heterocycles. The van der Waals surface area contributed by atoms with Crippen LogP contribution in [0.15, 0.2) is 54.2 Å². The summed E-state index contributed by atoms with van der Waals surface area (Å²) in [5.74, 6) is -0.957. The first-order valence-corrected chi connectivity index (χ1v) is 9.82. The van der Waals surface area contributed by atoms with Crippen LogP contribution in [0.1, 0.15) is 21.5 Å². The number of carbonyl (C=O) groups is 2. The number of benzene rings is 2. The molecule has 6 nitrogen and oxygen atoms in total. The molecule has 0 spiro atoms. The van der Waals surface area contributed by atoms with Crippen molar-refractivity contribution in [3.05, 3.63) is 70.9 Å². The molecule has 0 saturated heterocycles. The third-order valence-electron chi connectivity index (χ3n) is 4.64. The number of amides is 1.